The van der Waals surface area contributed by atoms with Gasteiger partial charge >= 0.3 is 0 Å². The van der Waals surface area contributed by atoms with E-state index >= 15 is 0 Å². The van der Waals surface area contributed by atoms with Crippen LogP contribution in [-0.2, 0) is 16.1 Å². The van der Waals surface area contributed by atoms with E-state index in [1.165, 1.54) is 12.1 Å². The lowest BCUT2D eigenvalue weighted by Gasteiger charge is -2.26. The number of hydrogen-bond donors (Lipinski definition) is 2. The van der Waals surface area contributed by atoms with Gasteiger partial charge in [0.25, 0.3) is 0 Å². The molecule has 6 heteroatoms. The van der Waals surface area contributed by atoms with Crippen LogP contribution in [0.4, 0.5) is 4.39 Å². The van der Waals surface area contributed by atoms with E-state index in [0.717, 1.165) is 0 Å². The smallest absolute Gasteiger partial charge is 0.170 e. The van der Waals surface area contributed by atoms with Crippen LogP contribution in [0.5, 0.6) is 0 Å². The van der Waals surface area contributed by atoms with Crippen molar-refractivity contribution >= 4 is 5.84 Å². The third kappa shape index (κ3) is 2.72. The predicted molar refractivity (Wildman–Crippen MR) is 58.3 cm³/mol. The Labute approximate surface area is 97.6 Å². The van der Waals surface area contributed by atoms with Gasteiger partial charge in [0.05, 0.1) is 19.8 Å². The maximum Gasteiger partial charge on any atom is 0.170 e. The molecule has 0 aliphatic carbocycles. The minimum atomic E-state index is -0.442. The Morgan fingerprint density at radius 2 is 2.35 bits per heavy atom. The number of amidine groups is 1. The first kappa shape index (κ1) is 11.8. The lowest BCUT2D eigenvalue weighted by molar-refractivity contribution is -0.135. The van der Waals surface area contributed by atoms with Crippen molar-refractivity contribution < 1.29 is 19.1 Å². The molecular formula is C11H13FN2O3. The van der Waals surface area contributed by atoms with Gasteiger partial charge in [-0.15, -0.1) is 0 Å². The van der Waals surface area contributed by atoms with Gasteiger partial charge in [-0.3, -0.25) is 0 Å². The van der Waals surface area contributed by atoms with Gasteiger partial charge in [0, 0.05) is 5.56 Å². The number of rotatable bonds is 4. The second kappa shape index (κ2) is 5.11. The Bertz CT molecular complexity index is 433. The van der Waals surface area contributed by atoms with Crippen molar-refractivity contribution in [3.8, 4) is 0 Å². The molecule has 0 unspecified atom stereocenters. The third-order valence-electron chi connectivity index (χ3n) is 2.54. The molecule has 1 aliphatic heterocycles. The van der Waals surface area contributed by atoms with Crippen molar-refractivity contribution in [2.45, 2.75) is 12.7 Å². The molecule has 0 spiro atoms. The first-order chi connectivity index (χ1) is 8.20. The normalized spacial score (nSPS) is 16.9. The van der Waals surface area contributed by atoms with Crippen molar-refractivity contribution in [1.29, 1.82) is 0 Å². The molecule has 0 amide bonds. The molecular weight excluding hydrogens is 227 g/mol. The Kier molecular flexibility index (Phi) is 3.55. The first-order valence-corrected chi connectivity index (χ1v) is 5.16. The van der Waals surface area contributed by atoms with Crippen LogP contribution in [0.25, 0.3) is 0 Å². The molecule has 3 N–H and O–H groups in total. The van der Waals surface area contributed by atoms with Crippen molar-refractivity contribution in [2.75, 3.05) is 13.2 Å². The summed E-state index contributed by atoms with van der Waals surface area (Å²) in [4.78, 5) is 0. The molecule has 0 radical (unpaired) electrons. The number of hydrogen-bond acceptors (Lipinski definition) is 4. The Balaban J connectivity index is 2.13. The van der Waals surface area contributed by atoms with Crippen molar-refractivity contribution in [3.63, 3.8) is 0 Å². The summed E-state index contributed by atoms with van der Waals surface area (Å²) in [7, 11) is 0. The summed E-state index contributed by atoms with van der Waals surface area (Å²) in [5.74, 6) is -0.574. The molecule has 0 saturated carbocycles. The fourth-order valence-corrected chi connectivity index (χ4v) is 1.48. The van der Waals surface area contributed by atoms with E-state index in [1.807, 2.05) is 0 Å². The zero-order chi connectivity index (χ0) is 12.3. The zero-order valence-corrected chi connectivity index (χ0v) is 9.10. The van der Waals surface area contributed by atoms with E-state index in [0.29, 0.717) is 24.3 Å². The molecule has 1 fully saturated rings. The summed E-state index contributed by atoms with van der Waals surface area (Å²) >= 11 is 0. The predicted octanol–water partition coefficient (Wildman–Crippen LogP) is 0.836. The van der Waals surface area contributed by atoms with Crippen LogP contribution in [-0.4, -0.2) is 30.4 Å². The third-order valence-corrected chi connectivity index (χ3v) is 2.54. The van der Waals surface area contributed by atoms with E-state index in [9.17, 15) is 4.39 Å². The van der Waals surface area contributed by atoms with E-state index < -0.39 is 5.82 Å². The lowest BCUT2D eigenvalue weighted by atomic mass is 10.1. The summed E-state index contributed by atoms with van der Waals surface area (Å²) in [6, 6.07) is 4.08. The molecule has 0 bridgehead atoms. The molecule has 17 heavy (non-hydrogen) atoms. The summed E-state index contributed by atoms with van der Waals surface area (Å²) in [6.45, 7) is 1.42. The summed E-state index contributed by atoms with van der Waals surface area (Å²) in [5, 5.41) is 11.5. The van der Waals surface area contributed by atoms with Crippen LogP contribution in [0.3, 0.4) is 0 Å². The minimum absolute atomic E-state index is 0.0696. The van der Waals surface area contributed by atoms with E-state index in [2.05, 4.69) is 5.16 Å². The van der Waals surface area contributed by atoms with Gasteiger partial charge in [0.2, 0.25) is 0 Å². The fourth-order valence-electron chi connectivity index (χ4n) is 1.48. The maximum absolute atomic E-state index is 13.1. The van der Waals surface area contributed by atoms with Crippen molar-refractivity contribution in [2.24, 2.45) is 10.9 Å². The standard InChI is InChI=1S/C11H13FN2O3/c12-8-2-1-7(4-17-9-5-16-6-9)10(3-8)11(13)14-15/h1-3,9,15H,4-6H2,(H2,13,14). The molecule has 1 aromatic carbocycles. The number of nitrogens with zero attached hydrogens (tertiary/aromatic N) is 1. The zero-order valence-electron chi connectivity index (χ0n) is 9.10. The quantitative estimate of drug-likeness (QED) is 0.354. The maximum atomic E-state index is 13.1. The van der Waals surface area contributed by atoms with E-state index in [1.54, 1.807) is 6.07 Å². The first-order valence-electron chi connectivity index (χ1n) is 5.16. The van der Waals surface area contributed by atoms with E-state index in [-0.39, 0.29) is 18.5 Å². The SMILES string of the molecule is N/C(=N/O)c1cc(F)ccc1COC1COC1. The highest BCUT2D eigenvalue weighted by Gasteiger charge is 2.19. The molecule has 2 rings (SSSR count). The molecule has 1 heterocycles. The largest absolute Gasteiger partial charge is 0.409 e. The average Bonchev–Trinajstić information content (AvgIpc) is 2.27. The van der Waals surface area contributed by atoms with Crippen LogP contribution < -0.4 is 5.73 Å². The summed E-state index contributed by atoms with van der Waals surface area (Å²) in [5.41, 5.74) is 6.49. The Morgan fingerprint density at radius 3 is 2.94 bits per heavy atom. The topological polar surface area (TPSA) is 77.1 Å². The van der Waals surface area contributed by atoms with Gasteiger partial charge in [-0.05, 0) is 17.7 Å². The fraction of sp³-hybridized carbons (Fsp3) is 0.364. The van der Waals surface area contributed by atoms with Crippen molar-refractivity contribution in [1.82, 2.24) is 0 Å². The molecule has 1 saturated heterocycles. The monoisotopic (exact) mass is 240 g/mol. The van der Waals surface area contributed by atoms with Gasteiger partial charge in [-0.25, -0.2) is 4.39 Å². The second-order valence-electron chi connectivity index (χ2n) is 3.76. The average molecular weight is 240 g/mol. The number of benzene rings is 1. The van der Waals surface area contributed by atoms with Crippen LogP contribution in [0, 0.1) is 5.82 Å². The molecule has 1 aromatic rings. The molecule has 92 valence electrons. The highest BCUT2D eigenvalue weighted by Crippen LogP contribution is 2.15. The number of halogens is 1. The highest BCUT2D eigenvalue weighted by atomic mass is 19.1. The highest BCUT2D eigenvalue weighted by molar-refractivity contribution is 5.98. The van der Waals surface area contributed by atoms with Gasteiger partial charge in [0.15, 0.2) is 5.84 Å². The molecule has 1 aliphatic rings. The summed E-state index contributed by atoms with van der Waals surface area (Å²) in [6.07, 6.45) is 0.0696. The van der Waals surface area contributed by atoms with Crippen molar-refractivity contribution in [3.05, 3.63) is 35.1 Å². The Hall–Kier alpha value is -1.66. The molecule has 5 nitrogen and oxygen atoms in total. The number of oxime groups is 1. The number of nitrogens with two attached hydrogens (primary N) is 1. The minimum Gasteiger partial charge on any atom is -0.409 e. The molecule has 0 atom stereocenters. The van der Waals surface area contributed by atoms with E-state index in [4.69, 9.17) is 20.4 Å². The van der Waals surface area contributed by atoms with Gasteiger partial charge in [-0.2, -0.15) is 0 Å². The van der Waals surface area contributed by atoms with Crippen LogP contribution in [0.1, 0.15) is 11.1 Å². The van der Waals surface area contributed by atoms with Gasteiger partial charge in [0.1, 0.15) is 11.9 Å². The van der Waals surface area contributed by atoms with Crippen LogP contribution in [0.15, 0.2) is 23.4 Å². The number of ether oxygens (including phenoxy) is 2. The summed E-state index contributed by atoms with van der Waals surface area (Å²) < 4.78 is 23.5. The second-order valence-corrected chi connectivity index (χ2v) is 3.76. The van der Waals surface area contributed by atoms with Gasteiger partial charge < -0.3 is 20.4 Å². The van der Waals surface area contributed by atoms with Gasteiger partial charge in [-0.1, -0.05) is 11.2 Å². The Morgan fingerprint density at radius 1 is 1.59 bits per heavy atom. The van der Waals surface area contributed by atoms with Crippen LogP contribution >= 0.6 is 0 Å². The lowest BCUT2D eigenvalue weighted by Crippen LogP contribution is -2.36. The van der Waals surface area contributed by atoms with Crippen LogP contribution in [0.2, 0.25) is 0 Å². The molecule has 0 aromatic heterocycles.